The van der Waals surface area contributed by atoms with Crippen LogP contribution in [0.3, 0.4) is 0 Å². The number of aromatic nitrogens is 1. The number of aryl methyl sites for hydroxylation is 2. The van der Waals surface area contributed by atoms with Gasteiger partial charge in [0.05, 0.1) is 10.7 Å². The van der Waals surface area contributed by atoms with E-state index in [0.717, 1.165) is 12.8 Å². The molecule has 0 amide bonds. The molecule has 0 saturated carbocycles. The first-order valence-electron chi connectivity index (χ1n) is 8.71. The molecule has 22 heavy (non-hydrogen) atoms. The van der Waals surface area contributed by atoms with E-state index < -0.39 is 0 Å². The normalized spacial score (nSPS) is 11.3. The summed E-state index contributed by atoms with van der Waals surface area (Å²) in [5, 5.41) is 1.29. The molecule has 0 atom stereocenters. The maximum atomic E-state index is 4.95. The second kappa shape index (κ2) is 8.47. The fraction of sp³-hybridized carbons (Fsp3) is 0.550. The molecule has 0 N–H and O–H groups in total. The lowest BCUT2D eigenvalue weighted by Crippen LogP contribution is -1.93. The molecular weight excluding hydrogens is 286 g/mol. The smallest absolute Gasteiger partial charge is 0.0938 e. The standard InChI is InChI=1S/C20H29NS/c1-5-7-9-16-10-12-17(13-11-16)20-18(8-6-2)22-19(21-20)14-15(3)4/h10-13,15H,5-9,14H2,1-4H3. The molecule has 0 bridgehead atoms. The maximum Gasteiger partial charge on any atom is 0.0938 e. The van der Waals surface area contributed by atoms with Crippen molar-refractivity contribution in [2.45, 2.75) is 66.2 Å². The lowest BCUT2D eigenvalue weighted by Gasteiger charge is -2.04. The van der Waals surface area contributed by atoms with Crippen molar-refractivity contribution < 1.29 is 0 Å². The van der Waals surface area contributed by atoms with Crippen LogP contribution in [-0.2, 0) is 19.3 Å². The van der Waals surface area contributed by atoms with Gasteiger partial charge in [-0.3, -0.25) is 0 Å². The highest BCUT2D eigenvalue weighted by Gasteiger charge is 2.13. The zero-order chi connectivity index (χ0) is 15.9. The van der Waals surface area contributed by atoms with E-state index in [1.807, 2.05) is 11.3 Å². The van der Waals surface area contributed by atoms with Crippen LogP contribution in [0, 0.1) is 5.92 Å². The third kappa shape index (κ3) is 4.67. The third-order valence-electron chi connectivity index (χ3n) is 3.85. The molecule has 2 aromatic rings. The minimum Gasteiger partial charge on any atom is -0.241 e. The van der Waals surface area contributed by atoms with Gasteiger partial charge >= 0.3 is 0 Å². The zero-order valence-corrected chi connectivity index (χ0v) is 15.3. The predicted octanol–water partition coefficient (Wildman–Crippen LogP) is 6.30. The number of rotatable bonds is 8. The maximum absolute atomic E-state index is 4.95. The third-order valence-corrected chi connectivity index (χ3v) is 4.99. The zero-order valence-electron chi connectivity index (χ0n) is 14.5. The Morgan fingerprint density at radius 2 is 1.73 bits per heavy atom. The average molecular weight is 316 g/mol. The van der Waals surface area contributed by atoms with Crippen LogP contribution in [0.2, 0.25) is 0 Å². The molecule has 1 aromatic heterocycles. The van der Waals surface area contributed by atoms with E-state index in [-0.39, 0.29) is 0 Å². The highest BCUT2D eigenvalue weighted by Crippen LogP contribution is 2.31. The second-order valence-electron chi connectivity index (χ2n) is 6.53. The molecule has 2 rings (SSSR count). The number of hydrogen-bond donors (Lipinski definition) is 0. The molecule has 0 aliphatic heterocycles. The minimum atomic E-state index is 0.671. The van der Waals surface area contributed by atoms with Crippen molar-refractivity contribution in [3.8, 4) is 11.3 Å². The van der Waals surface area contributed by atoms with Gasteiger partial charge in [-0.25, -0.2) is 4.98 Å². The molecule has 0 unspecified atom stereocenters. The number of thiazole rings is 1. The van der Waals surface area contributed by atoms with Crippen molar-refractivity contribution in [2.24, 2.45) is 5.92 Å². The van der Waals surface area contributed by atoms with E-state index in [9.17, 15) is 0 Å². The van der Waals surface area contributed by atoms with E-state index in [2.05, 4.69) is 52.0 Å². The van der Waals surface area contributed by atoms with E-state index in [4.69, 9.17) is 4.98 Å². The van der Waals surface area contributed by atoms with E-state index in [0.29, 0.717) is 5.92 Å². The first-order valence-corrected chi connectivity index (χ1v) is 9.53. The van der Waals surface area contributed by atoms with Gasteiger partial charge in [-0.05, 0) is 30.7 Å². The summed E-state index contributed by atoms with van der Waals surface area (Å²) in [6.45, 7) is 9.03. The summed E-state index contributed by atoms with van der Waals surface area (Å²) in [4.78, 5) is 6.41. The Balaban J connectivity index is 2.23. The summed E-state index contributed by atoms with van der Waals surface area (Å²) in [5.74, 6) is 0.671. The van der Waals surface area contributed by atoms with Crippen LogP contribution in [0.25, 0.3) is 11.3 Å². The van der Waals surface area contributed by atoms with Gasteiger partial charge in [-0.15, -0.1) is 11.3 Å². The summed E-state index contributed by atoms with van der Waals surface area (Å²) in [6.07, 6.45) is 7.14. The first-order chi connectivity index (χ1) is 10.6. The Morgan fingerprint density at radius 1 is 1.00 bits per heavy atom. The van der Waals surface area contributed by atoms with E-state index >= 15 is 0 Å². The van der Waals surface area contributed by atoms with Crippen LogP contribution in [0.1, 0.15) is 62.4 Å². The van der Waals surface area contributed by atoms with Crippen LogP contribution in [0.4, 0.5) is 0 Å². The Hall–Kier alpha value is -1.15. The van der Waals surface area contributed by atoms with Crippen LogP contribution in [0.15, 0.2) is 24.3 Å². The number of nitrogens with zero attached hydrogens (tertiary/aromatic N) is 1. The molecule has 0 fully saturated rings. The van der Waals surface area contributed by atoms with Gasteiger partial charge in [0.2, 0.25) is 0 Å². The lowest BCUT2D eigenvalue weighted by atomic mass is 10.0. The van der Waals surface area contributed by atoms with Crippen LogP contribution in [0.5, 0.6) is 0 Å². The molecule has 1 heterocycles. The lowest BCUT2D eigenvalue weighted by molar-refractivity contribution is 0.645. The molecular formula is C20H29NS. The van der Waals surface area contributed by atoms with Gasteiger partial charge in [-0.2, -0.15) is 0 Å². The predicted molar refractivity (Wildman–Crippen MR) is 98.7 cm³/mol. The number of hydrogen-bond acceptors (Lipinski definition) is 2. The Bertz CT molecular complexity index is 566. The van der Waals surface area contributed by atoms with Crippen LogP contribution < -0.4 is 0 Å². The van der Waals surface area contributed by atoms with Crippen molar-refractivity contribution in [2.75, 3.05) is 0 Å². The molecule has 0 spiro atoms. The summed E-state index contributed by atoms with van der Waals surface area (Å²) in [7, 11) is 0. The molecule has 1 nitrogen and oxygen atoms in total. The molecule has 120 valence electrons. The molecule has 2 heteroatoms. The quantitative estimate of drug-likeness (QED) is 0.556. The van der Waals surface area contributed by atoms with Crippen LogP contribution in [-0.4, -0.2) is 4.98 Å². The van der Waals surface area contributed by atoms with Gasteiger partial charge < -0.3 is 0 Å². The fourth-order valence-corrected chi connectivity index (χ4v) is 4.07. The number of unbranched alkanes of at least 4 members (excludes halogenated alkanes) is 1. The highest BCUT2D eigenvalue weighted by molar-refractivity contribution is 7.12. The van der Waals surface area contributed by atoms with E-state index in [1.165, 1.54) is 52.4 Å². The summed E-state index contributed by atoms with van der Waals surface area (Å²) in [6, 6.07) is 9.08. The van der Waals surface area contributed by atoms with Crippen molar-refractivity contribution >= 4 is 11.3 Å². The minimum absolute atomic E-state index is 0.671. The Morgan fingerprint density at radius 3 is 2.32 bits per heavy atom. The largest absolute Gasteiger partial charge is 0.241 e. The summed E-state index contributed by atoms with van der Waals surface area (Å²) >= 11 is 1.91. The molecule has 0 saturated heterocycles. The topological polar surface area (TPSA) is 12.9 Å². The monoisotopic (exact) mass is 315 g/mol. The molecule has 0 aliphatic carbocycles. The molecule has 1 aromatic carbocycles. The summed E-state index contributed by atoms with van der Waals surface area (Å²) < 4.78 is 0. The van der Waals surface area contributed by atoms with Gasteiger partial charge in [-0.1, -0.05) is 64.8 Å². The average Bonchev–Trinajstić information content (AvgIpc) is 2.88. The van der Waals surface area contributed by atoms with Crippen LogP contribution >= 0.6 is 11.3 Å². The van der Waals surface area contributed by atoms with Crippen molar-refractivity contribution in [3.63, 3.8) is 0 Å². The van der Waals surface area contributed by atoms with Gasteiger partial charge in [0.15, 0.2) is 0 Å². The van der Waals surface area contributed by atoms with Gasteiger partial charge in [0.25, 0.3) is 0 Å². The summed E-state index contributed by atoms with van der Waals surface area (Å²) in [5.41, 5.74) is 3.96. The first kappa shape index (κ1) is 17.2. The van der Waals surface area contributed by atoms with E-state index in [1.54, 1.807) is 0 Å². The SMILES string of the molecule is CCCCc1ccc(-c2nc(CC(C)C)sc2CCC)cc1. The van der Waals surface area contributed by atoms with Crippen molar-refractivity contribution in [1.29, 1.82) is 0 Å². The molecule has 0 aliphatic rings. The van der Waals surface area contributed by atoms with Crippen molar-refractivity contribution in [3.05, 3.63) is 39.7 Å². The Labute approximate surface area is 139 Å². The fourth-order valence-electron chi connectivity index (χ4n) is 2.67. The van der Waals surface area contributed by atoms with Gasteiger partial charge in [0, 0.05) is 16.9 Å². The van der Waals surface area contributed by atoms with Gasteiger partial charge in [0.1, 0.15) is 0 Å². The second-order valence-corrected chi connectivity index (χ2v) is 7.70. The number of benzene rings is 1. The van der Waals surface area contributed by atoms with Crippen molar-refractivity contribution in [1.82, 2.24) is 4.98 Å². The molecule has 0 radical (unpaired) electrons. The Kier molecular flexibility index (Phi) is 6.63. The highest BCUT2D eigenvalue weighted by atomic mass is 32.1.